The van der Waals surface area contributed by atoms with Crippen molar-refractivity contribution in [2.45, 2.75) is 65.5 Å². The van der Waals surface area contributed by atoms with E-state index >= 15 is 0 Å². The Kier molecular flexibility index (Phi) is 8.67. The van der Waals surface area contributed by atoms with Crippen LogP contribution >= 0.6 is 11.3 Å². The van der Waals surface area contributed by atoms with Gasteiger partial charge in [-0.15, -0.1) is 11.3 Å². The Bertz CT molecular complexity index is 1830. The van der Waals surface area contributed by atoms with Crippen LogP contribution in [-0.2, 0) is 11.2 Å². The highest BCUT2D eigenvalue weighted by atomic mass is 32.1. The maximum atomic E-state index is 12.7. The number of thiazole rings is 1. The molecule has 1 aliphatic heterocycles. The summed E-state index contributed by atoms with van der Waals surface area (Å²) in [5.41, 5.74) is 4.19. The Labute approximate surface area is 267 Å². The predicted octanol–water partition coefficient (Wildman–Crippen LogP) is 7.96. The van der Waals surface area contributed by atoms with E-state index in [1.807, 2.05) is 52.8 Å². The van der Waals surface area contributed by atoms with E-state index in [1.165, 1.54) is 5.56 Å². The van der Waals surface area contributed by atoms with Crippen LogP contribution in [0, 0.1) is 13.8 Å². The zero-order valence-corrected chi connectivity index (χ0v) is 27.1. The second-order valence-electron chi connectivity index (χ2n) is 12.4. The Morgan fingerprint density at radius 1 is 1.02 bits per heavy atom. The number of pyridine rings is 1. The number of piperidine rings is 1. The summed E-state index contributed by atoms with van der Waals surface area (Å²) in [6.07, 6.45) is 5.68. The van der Waals surface area contributed by atoms with E-state index in [2.05, 4.69) is 56.0 Å². The number of carbonyl (C=O) groups is 1. The van der Waals surface area contributed by atoms with Crippen molar-refractivity contribution in [3.63, 3.8) is 0 Å². The number of fused-ring (bicyclic) bond motifs is 1. The van der Waals surface area contributed by atoms with E-state index in [9.17, 15) is 4.79 Å². The molecule has 45 heavy (non-hydrogen) atoms. The first-order valence-electron chi connectivity index (χ1n) is 15.3. The Morgan fingerprint density at radius 2 is 1.89 bits per heavy atom. The monoisotopic (exact) mass is 622 g/mol. The van der Waals surface area contributed by atoms with E-state index in [4.69, 9.17) is 14.5 Å². The fourth-order valence-electron chi connectivity index (χ4n) is 5.59. The lowest BCUT2D eigenvalue weighted by atomic mass is 9.98. The molecule has 0 aliphatic carbocycles. The summed E-state index contributed by atoms with van der Waals surface area (Å²) in [5, 5.41) is 8.77. The first-order chi connectivity index (χ1) is 21.6. The summed E-state index contributed by atoms with van der Waals surface area (Å²) in [4.78, 5) is 33.0. The van der Waals surface area contributed by atoms with Crippen LogP contribution in [0.4, 0.5) is 10.7 Å². The Balaban J connectivity index is 1.24. The van der Waals surface area contributed by atoms with E-state index in [0.29, 0.717) is 30.6 Å². The molecule has 1 amide bonds. The van der Waals surface area contributed by atoms with E-state index < -0.39 is 5.60 Å². The molecular formula is C35H38N6O3S. The number of hydrogen-bond acceptors (Lipinski definition) is 9. The third-order valence-corrected chi connectivity index (χ3v) is 8.47. The summed E-state index contributed by atoms with van der Waals surface area (Å²) < 4.78 is 12.2. The highest BCUT2D eigenvalue weighted by Crippen LogP contribution is 2.38. The van der Waals surface area contributed by atoms with Crippen LogP contribution in [0.2, 0.25) is 0 Å². The third kappa shape index (κ3) is 7.23. The van der Waals surface area contributed by atoms with Gasteiger partial charge in [-0.2, -0.15) is 0 Å². The van der Waals surface area contributed by atoms with Gasteiger partial charge >= 0.3 is 6.09 Å². The molecule has 0 radical (unpaired) electrons. The van der Waals surface area contributed by atoms with Gasteiger partial charge < -0.3 is 19.7 Å². The largest absolute Gasteiger partial charge is 0.444 e. The average Bonchev–Trinajstić information content (AvgIpc) is 3.42. The molecule has 0 saturated carbocycles. The molecule has 1 aliphatic rings. The van der Waals surface area contributed by atoms with Gasteiger partial charge in [0.2, 0.25) is 11.8 Å². The topological polar surface area (TPSA) is 102 Å². The zero-order chi connectivity index (χ0) is 31.6. The van der Waals surface area contributed by atoms with Gasteiger partial charge in [0.1, 0.15) is 11.4 Å². The van der Waals surface area contributed by atoms with Crippen molar-refractivity contribution in [1.29, 1.82) is 0 Å². The number of likely N-dealkylation sites (tertiary alicyclic amines) is 1. The third-order valence-electron chi connectivity index (χ3n) is 7.65. The fraction of sp³-hybridized carbons (Fsp3) is 0.343. The second-order valence-corrected chi connectivity index (χ2v) is 13.5. The van der Waals surface area contributed by atoms with E-state index in [1.54, 1.807) is 28.6 Å². The molecule has 1 atom stereocenters. The smallest absolute Gasteiger partial charge is 0.410 e. The molecule has 6 rings (SSSR count). The molecule has 2 aromatic carbocycles. The summed E-state index contributed by atoms with van der Waals surface area (Å²) in [7, 11) is 0. The van der Waals surface area contributed by atoms with Gasteiger partial charge in [-0.25, -0.2) is 24.7 Å². The van der Waals surface area contributed by atoms with Gasteiger partial charge in [0, 0.05) is 48.7 Å². The van der Waals surface area contributed by atoms with Gasteiger partial charge in [-0.05, 0) is 82.2 Å². The first-order valence-corrected chi connectivity index (χ1v) is 16.1. The molecule has 1 N–H and O–H groups in total. The van der Waals surface area contributed by atoms with Crippen molar-refractivity contribution in [1.82, 2.24) is 24.8 Å². The SMILES string of the molecule is Cc1nc(Cc2cccc3c(Oc4ncccc4-c4ccnc(N[C@H]5CCCN(C(=O)OC(C)(C)C)C5)n4)c(C)ccc23)cs1. The number of nitrogens with zero attached hydrogens (tertiary/aromatic N) is 5. The molecule has 4 heterocycles. The van der Waals surface area contributed by atoms with Crippen LogP contribution in [0.5, 0.6) is 11.6 Å². The molecule has 0 unspecified atom stereocenters. The number of rotatable bonds is 7. The number of ether oxygens (including phenoxy) is 2. The standard InChI is InChI=1S/C35H38N6O3S/c1-22-13-14-27-24(19-26-21-45-23(2)38-26)9-6-11-28(27)31(22)43-32-29(12-7-16-36-32)30-15-17-37-33(40-30)39-25-10-8-18-41(20-25)34(42)44-35(3,4)5/h6-7,9,11-17,21,25H,8,10,18-20H2,1-5H3,(H,37,39,40)/t25-/m0/s1. The minimum absolute atomic E-state index is 0.00635. The molecule has 232 valence electrons. The quantitative estimate of drug-likeness (QED) is 0.195. The highest BCUT2D eigenvalue weighted by Gasteiger charge is 2.28. The van der Waals surface area contributed by atoms with Crippen molar-refractivity contribution in [3.8, 4) is 22.9 Å². The lowest BCUT2D eigenvalue weighted by Crippen LogP contribution is -2.47. The molecular weight excluding hydrogens is 584 g/mol. The van der Waals surface area contributed by atoms with Crippen molar-refractivity contribution in [2.24, 2.45) is 0 Å². The van der Waals surface area contributed by atoms with Crippen molar-refractivity contribution < 1.29 is 14.3 Å². The van der Waals surface area contributed by atoms with Gasteiger partial charge in [-0.1, -0.05) is 30.3 Å². The molecule has 0 bridgehead atoms. The molecule has 3 aromatic heterocycles. The lowest BCUT2D eigenvalue weighted by molar-refractivity contribution is 0.0206. The number of aryl methyl sites for hydroxylation is 2. The van der Waals surface area contributed by atoms with Gasteiger partial charge in [-0.3, -0.25) is 0 Å². The maximum Gasteiger partial charge on any atom is 0.410 e. The zero-order valence-electron chi connectivity index (χ0n) is 26.3. The number of nitrogens with one attached hydrogen (secondary N) is 1. The van der Waals surface area contributed by atoms with Gasteiger partial charge in [0.05, 0.1) is 22.0 Å². The number of amides is 1. The Morgan fingerprint density at radius 3 is 2.69 bits per heavy atom. The molecule has 5 aromatic rings. The number of carbonyl (C=O) groups excluding carboxylic acids is 1. The summed E-state index contributed by atoms with van der Waals surface area (Å²) in [6, 6.07) is 16.2. The van der Waals surface area contributed by atoms with Crippen molar-refractivity contribution in [3.05, 3.63) is 88.1 Å². The average molecular weight is 623 g/mol. The molecule has 9 nitrogen and oxygen atoms in total. The van der Waals surface area contributed by atoms with E-state index in [-0.39, 0.29) is 12.1 Å². The van der Waals surface area contributed by atoms with Crippen molar-refractivity contribution >= 4 is 34.2 Å². The van der Waals surface area contributed by atoms with E-state index in [0.717, 1.165) is 57.6 Å². The van der Waals surface area contributed by atoms with Crippen LogP contribution in [0.15, 0.2) is 66.3 Å². The Hall–Kier alpha value is -4.57. The summed E-state index contributed by atoms with van der Waals surface area (Å²) >= 11 is 1.67. The fourth-order valence-corrected chi connectivity index (χ4v) is 6.20. The van der Waals surface area contributed by atoms with Crippen LogP contribution < -0.4 is 10.1 Å². The first kappa shape index (κ1) is 30.5. The van der Waals surface area contributed by atoms with Crippen LogP contribution in [-0.4, -0.2) is 55.7 Å². The van der Waals surface area contributed by atoms with Crippen molar-refractivity contribution in [2.75, 3.05) is 18.4 Å². The maximum absolute atomic E-state index is 12.7. The normalized spacial score (nSPS) is 15.2. The minimum atomic E-state index is -0.536. The van der Waals surface area contributed by atoms with Crippen LogP contribution in [0.25, 0.3) is 22.0 Å². The predicted molar refractivity (Wildman–Crippen MR) is 178 cm³/mol. The lowest BCUT2D eigenvalue weighted by Gasteiger charge is -2.34. The summed E-state index contributed by atoms with van der Waals surface area (Å²) in [6.45, 7) is 10.9. The number of benzene rings is 2. The number of hydrogen-bond donors (Lipinski definition) is 1. The molecule has 10 heteroatoms. The van der Waals surface area contributed by atoms with Gasteiger partial charge in [0.15, 0.2) is 0 Å². The van der Waals surface area contributed by atoms with Crippen LogP contribution in [0.1, 0.15) is 55.4 Å². The van der Waals surface area contributed by atoms with Gasteiger partial charge in [0.25, 0.3) is 0 Å². The number of anilines is 1. The minimum Gasteiger partial charge on any atom is -0.444 e. The molecule has 1 saturated heterocycles. The highest BCUT2D eigenvalue weighted by molar-refractivity contribution is 7.09. The number of aromatic nitrogens is 4. The van der Waals surface area contributed by atoms with Crippen LogP contribution in [0.3, 0.4) is 0 Å². The second kappa shape index (κ2) is 12.8. The molecule has 0 spiro atoms. The summed E-state index contributed by atoms with van der Waals surface area (Å²) in [5.74, 6) is 1.72. The molecule has 1 fully saturated rings.